The highest BCUT2D eigenvalue weighted by Gasteiger charge is 2.28. The number of nitrogens with zero attached hydrogens (tertiary/aromatic N) is 2. The van der Waals surface area contributed by atoms with E-state index in [4.69, 9.17) is 5.11 Å². The molecule has 1 atom stereocenters. The van der Waals surface area contributed by atoms with Crippen LogP contribution in [0.2, 0.25) is 0 Å². The van der Waals surface area contributed by atoms with Crippen molar-refractivity contribution in [3.05, 3.63) is 24.3 Å². The van der Waals surface area contributed by atoms with Crippen LogP contribution in [0, 0.1) is 0 Å². The lowest BCUT2D eigenvalue weighted by molar-refractivity contribution is 0.155. The summed E-state index contributed by atoms with van der Waals surface area (Å²) in [6, 6.07) is 7.15. The fraction of sp³-hybridized carbons (Fsp3) is 0.462. The van der Waals surface area contributed by atoms with Gasteiger partial charge in [-0.05, 0) is 24.6 Å². The number of likely N-dealkylation sites (N-methyl/N-ethyl adjacent to an activating group) is 1. The quantitative estimate of drug-likeness (QED) is 0.873. The SMILES string of the molecule is CN(c1cccc(NS(C)(=O)=O)c1)C1CCN(C(=O)O)C1. The van der Waals surface area contributed by atoms with E-state index < -0.39 is 16.1 Å². The molecular weight excluding hydrogens is 294 g/mol. The Hall–Kier alpha value is -1.96. The van der Waals surface area contributed by atoms with Crippen LogP contribution in [0.1, 0.15) is 6.42 Å². The molecule has 1 saturated heterocycles. The molecule has 0 spiro atoms. The van der Waals surface area contributed by atoms with Gasteiger partial charge in [0.15, 0.2) is 0 Å². The Labute approximate surface area is 124 Å². The van der Waals surface area contributed by atoms with Crippen molar-refractivity contribution >= 4 is 27.5 Å². The van der Waals surface area contributed by atoms with E-state index in [2.05, 4.69) is 4.72 Å². The molecular formula is C13H19N3O4S. The first kappa shape index (κ1) is 15.4. The number of nitrogens with one attached hydrogen (secondary N) is 1. The summed E-state index contributed by atoms with van der Waals surface area (Å²) in [6.45, 7) is 0.973. The van der Waals surface area contributed by atoms with Crippen molar-refractivity contribution in [1.82, 2.24) is 4.90 Å². The Balaban J connectivity index is 2.11. The third-order valence-corrected chi connectivity index (χ3v) is 4.14. The molecule has 2 N–H and O–H groups in total. The largest absolute Gasteiger partial charge is 0.465 e. The van der Waals surface area contributed by atoms with Crippen LogP contribution in [0.3, 0.4) is 0 Å². The van der Waals surface area contributed by atoms with E-state index >= 15 is 0 Å². The number of anilines is 2. The molecule has 0 aromatic heterocycles. The molecule has 116 valence electrons. The smallest absolute Gasteiger partial charge is 0.407 e. The minimum Gasteiger partial charge on any atom is -0.465 e. The Bertz CT molecular complexity index is 632. The summed E-state index contributed by atoms with van der Waals surface area (Å²) < 4.78 is 25.0. The first-order valence-electron chi connectivity index (χ1n) is 6.55. The van der Waals surface area contributed by atoms with Crippen LogP contribution in [0.15, 0.2) is 24.3 Å². The van der Waals surface area contributed by atoms with Crippen molar-refractivity contribution in [3.8, 4) is 0 Å². The van der Waals surface area contributed by atoms with E-state index in [1.54, 1.807) is 18.2 Å². The summed E-state index contributed by atoms with van der Waals surface area (Å²) >= 11 is 0. The fourth-order valence-electron chi connectivity index (χ4n) is 2.45. The zero-order valence-corrected chi connectivity index (χ0v) is 12.8. The number of rotatable bonds is 4. The van der Waals surface area contributed by atoms with Crippen LogP contribution in [-0.2, 0) is 10.0 Å². The van der Waals surface area contributed by atoms with Crippen LogP contribution >= 0.6 is 0 Å². The summed E-state index contributed by atoms with van der Waals surface area (Å²) in [5, 5.41) is 8.99. The molecule has 0 saturated carbocycles. The minimum absolute atomic E-state index is 0.0922. The molecule has 8 heteroatoms. The molecule has 7 nitrogen and oxygen atoms in total. The molecule has 1 amide bonds. The first-order chi connectivity index (χ1) is 9.76. The Kier molecular flexibility index (Phi) is 4.26. The highest BCUT2D eigenvalue weighted by atomic mass is 32.2. The van der Waals surface area contributed by atoms with Crippen molar-refractivity contribution in [3.63, 3.8) is 0 Å². The lowest BCUT2D eigenvalue weighted by atomic mass is 10.2. The van der Waals surface area contributed by atoms with Gasteiger partial charge >= 0.3 is 6.09 Å². The number of carbonyl (C=O) groups is 1. The third kappa shape index (κ3) is 4.01. The van der Waals surface area contributed by atoms with Crippen LogP contribution < -0.4 is 9.62 Å². The monoisotopic (exact) mass is 313 g/mol. The highest BCUT2D eigenvalue weighted by molar-refractivity contribution is 7.92. The molecule has 1 aromatic carbocycles. The van der Waals surface area contributed by atoms with E-state index in [9.17, 15) is 13.2 Å². The third-order valence-electron chi connectivity index (χ3n) is 3.54. The second kappa shape index (κ2) is 5.80. The summed E-state index contributed by atoms with van der Waals surface area (Å²) in [7, 11) is -1.43. The van der Waals surface area contributed by atoms with Crippen molar-refractivity contribution < 1.29 is 18.3 Å². The maximum atomic E-state index is 11.3. The molecule has 0 radical (unpaired) electrons. The van der Waals surface area contributed by atoms with Gasteiger partial charge in [0.2, 0.25) is 10.0 Å². The summed E-state index contributed by atoms with van der Waals surface area (Å²) in [6.07, 6.45) is 0.954. The van der Waals surface area contributed by atoms with Gasteiger partial charge in [-0.2, -0.15) is 0 Å². The van der Waals surface area contributed by atoms with E-state index in [1.807, 2.05) is 18.0 Å². The van der Waals surface area contributed by atoms with Crippen molar-refractivity contribution in [2.24, 2.45) is 0 Å². The second-order valence-corrected chi connectivity index (χ2v) is 6.96. The van der Waals surface area contributed by atoms with Gasteiger partial charge in [0.1, 0.15) is 0 Å². The summed E-state index contributed by atoms with van der Waals surface area (Å²) in [4.78, 5) is 14.3. The van der Waals surface area contributed by atoms with E-state index in [0.717, 1.165) is 18.4 Å². The van der Waals surface area contributed by atoms with Crippen LogP contribution in [0.4, 0.5) is 16.2 Å². The van der Waals surface area contributed by atoms with Gasteiger partial charge in [0, 0.05) is 31.9 Å². The van der Waals surface area contributed by atoms with Gasteiger partial charge in [0.05, 0.1) is 11.9 Å². The molecule has 1 aromatic rings. The minimum atomic E-state index is -3.31. The standard InChI is InChI=1S/C13H19N3O4S/c1-15(12-6-7-16(9-12)13(17)18)11-5-3-4-10(8-11)14-21(2,19)20/h3-5,8,12,14H,6-7,9H2,1-2H3,(H,17,18). The fourth-order valence-corrected chi connectivity index (χ4v) is 3.00. The van der Waals surface area contributed by atoms with Gasteiger partial charge in [0.25, 0.3) is 0 Å². The Morgan fingerprint density at radius 1 is 1.48 bits per heavy atom. The molecule has 2 rings (SSSR count). The summed E-state index contributed by atoms with van der Waals surface area (Å²) in [5.74, 6) is 0. The molecule has 1 aliphatic heterocycles. The van der Waals surface area contributed by atoms with Crippen LogP contribution in [-0.4, -0.2) is 57.0 Å². The zero-order valence-electron chi connectivity index (χ0n) is 12.0. The number of carboxylic acid groups (broad SMARTS) is 1. The van der Waals surface area contributed by atoms with Crippen molar-refractivity contribution in [1.29, 1.82) is 0 Å². The predicted octanol–water partition coefficient (Wildman–Crippen LogP) is 1.25. The van der Waals surface area contributed by atoms with Crippen LogP contribution in [0.5, 0.6) is 0 Å². The Morgan fingerprint density at radius 3 is 2.76 bits per heavy atom. The highest BCUT2D eigenvalue weighted by Crippen LogP contribution is 2.24. The maximum Gasteiger partial charge on any atom is 0.407 e. The molecule has 0 aliphatic carbocycles. The number of hydrogen-bond acceptors (Lipinski definition) is 4. The predicted molar refractivity (Wildman–Crippen MR) is 81.3 cm³/mol. The molecule has 1 unspecified atom stereocenters. The average Bonchev–Trinajstić information content (AvgIpc) is 2.85. The van der Waals surface area contributed by atoms with E-state index in [0.29, 0.717) is 18.8 Å². The number of benzene rings is 1. The van der Waals surface area contributed by atoms with Gasteiger partial charge in [-0.25, -0.2) is 13.2 Å². The molecule has 21 heavy (non-hydrogen) atoms. The zero-order chi connectivity index (χ0) is 15.6. The topological polar surface area (TPSA) is 90.0 Å². The number of sulfonamides is 1. The van der Waals surface area contributed by atoms with Gasteiger partial charge in [-0.1, -0.05) is 6.07 Å². The van der Waals surface area contributed by atoms with Crippen LogP contribution in [0.25, 0.3) is 0 Å². The molecule has 0 bridgehead atoms. The normalized spacial score (nSPS) is 18.6. The van der Waals surface area contributed by atoms with Crippen molar-refractivity contribution in [2.45, 2.75) is 12.5 Å². The molecule has 1 heterocycles. The number of likely N-dealkylation sites (tertiary alicyclic amines) is 1. The second-order valence-electron chi connectivity index (χ2n) is 5.21. The lowest BCUT2D eigenvalue weighted by Crippen LogP contribution is -2.36. The molecule has 1 aliphatic rings. The van der Waals surface area contributed by atoms with Gasteiger partial charge in [-0.15, -0.1) is 0 Å². The van der Waals surface area contributed by atoms with Crippen molar-refractivity contribution in [2.75, 3.05) is 36.0 Å². The average molecular weight is 313 g/mol. The van der Waals surface area contributed by atoms with E-state index in [1.165, 1.54) is 4.90 Å². The maximum absolute atomic E-state index is 11.3. The summed E-state index contributed by atoms with van der Waals surface area (Å²) in [5.41, 5.74) is 1.34. The van der Waals surface area contributed by atoms with Gasteiger partial charge < -0.3 is 14.9 Å². The molecule has 1 fully saturated rings. The van der Waals surface area contributed by atoms with Gasteiger partial charge in [-0.3, -0.25) is 4.72 Å². The number of amides is 1. The first-order valence-corrected chi connectivity index (χ1v) is 8.44. The number of hydrogen-bond donors (Lipinski definition) is 2. The Morgan fingerprint density at radius 2 is 2.19 bits per heavy atom. The van der Waals surface area contributed by atoms with E-state index in [-0.39, 0.29) is 6.04 Å². The lowest BCUT2D eigenvalue weighted by Gasteiger charge is -2.27.